The van der Waals surface area contributed by atoms with Gasteiger partial charge in [-0.3, -0.25) is 4.55 Å². The predicted octanol–water partition coefficient (Wildman–Crippen LogP) is 1.74. The molecule has 120 valence electrons. The van der Waals surface area contributed by atoms with E-state index < -0.39 is 17.2 Å². The summed E-state index contributed by atoms with van der Waals surface area (Å²) in [5, 5.41) is 4.59. The van der Waals surface area contributed by atoms with E-state index in [0.717, 1.165) is 18.3 Å². The molecule has 0 spiro atoms. The van der Waals surface area contributed by atoms with Crippen molar-refractivity contribution in [3.05, 3.63) is 24.3 Å². The first-order valence-electron chi connectivity index (χ1n) is 6.72. The van der Waals surface area contributed by atoms with Crippen LogP contribution in [0.4, 0.5) is 0 Å². The van der Waals surface area contributed by atoms with Crippen LogP contribution in [0.15, 0.2) is 24.3 Å². The maximum Gasteiger partial charge on any atom is 0.319 e. The van der Waals surface area contributed by atoms with Gasteiger partial charge in [0.15, 0.2) is 0 Å². The largest absolute Gasteiger partial charge is 0.497 e. The molecular formula is C13H23NO4S2Si. The van der Waals surface area contributed by atoms with Gasteiger partial charge in [0, 0.05) is 12.3 Å². The lowest BCUT2D eigenvalue weighted by molar-refractivity contribution is 0.415. The van der Waals surface area contributed by atoms with Gasteiger partial charge in [0.2, 0.25) is 0 Å². The number of hydrogen-bond acceptors (Lipinski definition) is 5. The van der Waals surface area contributed by atoms with Crippen molar-refractivity contribution in [2.45, 2.75) is 19.1 Å². The summed E-state index contributed by atoms with van der Waals surface area (Å²) in [5.74, 6) is 1.22. The Balaban J connectivity index is 2.35. The third-order valence-corrected chi connectivity index (χ3v) is 8.77. The van der Waals surface area contributed by atoms with Gasteiger partial charge in [-0.15, -0.1) is 0 Å². The van der Waals surface area contributed by atoms with Crippen LogP contribution < -0.4 is 15.2 Å². The summed E-state index contributed by atoms with van der Waals surface area (Å²) >= 11 is 0. The zero-order valence-electron chi connectivity index (χ0n) is 12.6. The number of nitrogens with one attached hydrogen (secondary N) is 1. The van der Waals surface area contributed by atoms with Crippen molar-refractivity contribution in [1.82, 2.24) is 5.32 Å². The molecule has 0 unspecified atom stereocenters. The third-order valence-electron chi connectivity index (χ3n) is 3.31. The van der Waals surface area contributed by atoms with Gasteiger partial charge in [0.1, 0.15) is 5.75 Å². The van der Waals surface area contributed by atoms with Crippen molar-refractivity contribution in [2.75, 3.05) is 26.0 Å². The summed E-state index contributed by atoms with van der Waals surface area (Å²) in [7, 11) is -3.21. The Morgan fingerprint density at radius 3 is 2.38 bits per heavy atom. The molecule has 0 aliphatic heterocycles. The van der Waals surface area contributed by atoms with Crippen molar-refractivity contribution < 1.29 is 17.7 Å². The minimum absolute atomic E-state index is 0.351. The van der Waals surface area contributed by atoms with E-state index in [1.165, 1.54) is 5.19 Å². The summed E-state index contributed by atoms with van der Waals surface area (Å²) in [6, 6.07) is 9.29. The molecule has 0 saturated carbocycles. The molecule has 0 saturated heterocycles. The highest BCUT2D eigenvalue weighted by Gasteiger charge is 2.22. The topological polar surface area (TPSA) is 75.6 Å². The summed E-state index contributed by atoms with van der Waals surface area (Å²) < 4.78 is 34.9. The molecule has 0 bridgehead atoms. The molecule has 0 heterocycles. The van der Waals surface area contributed by atoms with E-state index in [9.17, 15) is 8.42 Å². The highest BCUT2D eigenvalue weighted by Crippen LogP contribution is 2.13. The number of rotatable bonds is 9. The van der Waals surface area contributed by atoms with Gasteiger partial charge in [0.05, 0.1) is 15.2 Å². The second kappa shape index (κ2) is 8.18. The van der Waals surface area contributed by atoms with Crippen LogP contribution in [0, 0.1) is 0 Å². The van der Waals surface area contributed by atoms with Gasteiger partial charge in [-0.1, -0.05) is 30.4 Å². The van der Waals surface area contributed by atoms with Crippen LogP contribution in [-0.4, -0.2) is 47.0 Å². The van der Waals surface area contributed by atoms with E-state index in [4.69, 9.17) is 9.29 Å². The zero-order chi connectivity index (χ0) is 15.9. The number of ether oxygens (including phenoxy) is 1. The Morgan fingerprint density at radius 2 is 1.86 bits per heavy atom. The van der Waals surface area contributed by atoms with Crippen molar-refractivity contribution in [1.29, 1.82) is 0 Å². The first kappa shape index (κ1) is 18.5. The maximum absolute atomic E-state index is 10.5. The summed E-state index contributed by atoms with van der Waals surface area (Å²) in [6.45, 7) is 6.03. The van der Waals surface area contributed by atoms with Crippen molar-refractivity contribution in [3.63, 3.8) is 0 Å². The van der Waals surface area contributed by atoms with Gasteiger partial charge in [-0.2, -0.15) is 8.42 Å². The summed E-state index contributed by atoms with van der Waals surface area (Å²) in [4.78, 5) is 0. The van der Waals surface area contributed by atoms with Crippen molar-refractivity contribution in [3.8, 4) is 5.75 Å². The third kappa shape index (κ3) is 7.32. The smallest absolute Gasteiger partial charge is 0.319 e. The average Bonchev–Trinajstić information content (AvgIpc) is 2.41. The van der Waals surface area contributed by atoms with Crippen LogP contribution in [0.2, 0.25) is 19.1 Å². The monoisotopic (exact) mass is 349 g/mol. The van der Waals surface area contributed by atoms with Gasteiger partial charge in [0.25, 0.3) is 0 Å². The molecule has 5 nitrogen and oxygen atoms in total. The summed E-state index contributed by atoms with van der Waals surface area (Å²) in [6.07, 6.45) is 0. The van der Waals surface area contributed by atoms with Crippen molar-refractivity contribution in [2.24, 2.45) is 0 Å². The Bertz CT molecular complexity index is 532. The van der Waals surface area contributed by atoms with Crippen LogP contribution >= 0.6 is 10.8 Å². The average molecular weight is 350 g/mol. The first-order valence-corrected chi connectivity index (χ1v) is 12.9. The number of methoxy groups -OCH3 is 1. The van der Waals surface area contributed by atoms with Gasteiger partial charge in [-0.25, -0.2) is 0 Å². The van der Waals surface area contributed by atoms with E-state index >= 15 is 0 Å². The van der Waals surface area contributed by atoms with Crippen LogP contribution in [0.3, 0.4) is 0 Å². The normalized spacial score (nSPS) is 12.4. The second-order valence-corrected chi connectivity index (χ2v) is 13.7. The molecule has 1 aromatic rings. The Morgan fingerprint density at radius 1 is 1.24 bits per heavy atom. The van der Waals surface area contributed by atoms with Gasteiger partial charge in [-0.05, 0) is 35.5 Å². The lowest BCUT2D eigenvalue weighted by Gasteiger charge is -2.23. The molecule has 8 heteroatoms. The van der Waals surface area contributed by atoms with Gasteiger partial charge < -0.3 is 10.1 Å². The molecule has 0 radical (unpaired) electrons. The second-order valence-electron chi connectivity index (χ2n) is 5.36. The molecule has 21 heavy (non-hydrogen) atoms. The van der Waals surface area contributed by atoms with Crippen LogP contribution in [0.25, 0.3) is 0 Å². The van der Waals surface area contributed by atoms with Crippen LogP contribution in [-0.2, 0) is 9.15 Å². The molecule has 0 aliphatic carbocycles. The molecule has 0 atom stereocenters. The van der Waals surface area contributed by atoms with Crippen molar-refractivity contribution >= 4 is 33.2 Å². The Kier molecular flexibility index (Phi) is 7.21. The fraction of sp³-hybridized carbons (Fsp3) is 0.538. The Labute approximate surface area is 131 Å². The maximum atomic E-state index is 10.5. The SMILES string of the molecule is COc1ccc([Si](C)(C)CCNCCSS(=O)(=O)O)cc1. The minimum atomic E-state index is -3.92. The molecule has 0 amide bonds. The van der Waals surface area contributed by atoms with Crippen LogP contribution in [0.5, 0.6) is 5.75 Å². The molecule has 0 fully saturated rings. The lowest BCUT2D eigenvalue weighted by Crippen LogP contribution is -2.43. The lowest BCUT2D eigenvalue weighted by atomic mass is 10.3. The minimum Gasteiger partial charge on any atom is -0.497 e. The summed E-state index contributed by atoms with van der Waals surface area (Å²) in [5.41, 5.74) is 0. The zero-order valence-corrected chi connectivity index (χ0v) is 15.3. The molecule has 1 rings (SSSR count). The first-order chi connectivity index (χ1) is 9.74. The molecule has 2 N–H and O–H groups in total. The fourth-order valence-corrected chi connectivity index (χ4v) is 5.41. The molecule has 0 aliphatic rings. The molecule has 1 aromatic carbocycles. The number of hydrogen-bond donors (Lipinski definition) is 2. The number of benzene rings is 1. The highest BCUT2D eigenvalue weighted by atomic mass is 33.1. The van der Waals surface area contributed by atoms with E-state index in [1.807, 2.05) is 12.1 Å². The molecular weight excluding hydrogens is 326 g/mol. The van der Waals surface area contributed by atoms with E-state index in [-0.39, 0.29) is 0 Å². The highest BCUT2D eigenvalue weighted by molar-refractivity contribution is 8.69. The van der Waals surface area contributed by atoms with Gasteiger partial charge >= 0.3 is 9.15 Å². The Hall–Kier alpha value is -0.543. The molecule has 0 aromatic heterocycles. The van der Waals surface area contributed by atoms with Crippen LogP contribution in [0.1, 0.15) is 0 Å². The predicted molar refractivity (Wildman–Crippen MR) is 91.8 cm³/mol. The standard InChI is InChI=1S/C13H23NO4S2Si/c1-18-12-4-6-13(7-5-12)21(2,3)11-9-14-8-10-19-20(15,16)17/h4-7,14H,8-11H2,1-3H3,(H,15,16,17). The van der Waals surface area contributed by atoms with E-state index in [0.29, 0.717) is 23.1 Å². The fourth-order valence-electron chi connectivity index (χ4n) is 1.93. The quantitative estimate of drug-likeness (QED) is 0.306. The van der Waals surface area contributed by atoms with E-state index in [1.54, 1.807) is 7.11 Å². The van der Waals surface area contributed by atoms with E-state index in [2.05, 4.69) is 30.5 Å².